The van der Waals surface area contributed by atoms with E-state index in [2.05, 4.69) is 19.9 Å². The summed E-state index contributed by atoms with van der Waals surface area (Å²) in [5, 5.41) is 11.1. The van der Waals surface area contributed by atoms with Gasteiger partial charge in [0.1, 0.15) is 11.4 Å². The predicted molar refractivity (Wildman–Crippen MR) is 207 cm³/mol. The summed E-state index contributed by atoms with van der Waals surface area (Å²) in [6.07, 6.45) is 9.10. The fourth-order valence-electron chi connectivity index (χ4n) is 12.6. The minimum atomic E-state index is -4.58. The molecule has 5 saturated carbocycles. The molecule has 8 aliphatic rings. The third-order valence-electron chi connectivity index (χ3n) is 15.0. The molecule has 4 atom stereocenters. The van der Waals surface area contributed by atoms with Crippen LogP contribution in [-0.4, -0.2) is 46.7 Å². The summed E-state index contributed by atoms with van der Waals surface area (Å²) in [5.74, 6) is 1.84. The van der Waals surface area contributed by atoms with E-state index >= 15 is 0 Å². The fourth-order valence-corrected chi connectivity index (χ4v) is 12.8. The number of fused-ring (bicyclic) bond motifs is 8. The Morgan fingerprint density at radius 2 is 1.71 bits per heavy atom. The van der Waals surface area contributed by atoms with Crippen molar-refractivity contribution in [3.63, 3.8) is 0 Å². The van der Waals surface area contributed by atoms with E-state index in [1.807, 2.05) is 23.1 Å². The molecule has 1 aromatic heterocycles. The van der Waals surface area contributed by atoms with Crippen LogP contribution in [0.3, 0.4) is 0 Å². The normalized spacial score (nSPS) is 34.1. The molecule has 1 amide bonds. The summed E-state index contributed by atoms with van der Waals surface area (Å²) in [7, 11) is 0. The minimum Gasteiger partial charge on any atom is -0.453 e. The first-order chi connectivity index (χ1) is 26.6. The predicted octanol–water partition coefficient (Wildman–Crippen LogP) is 11.6. The van der Waals surface area contributed by atoms with E-state index in [0.717, 1.165) is 66.8 Å². The first-order valence-corrected chi connectivity index (χ1v) is 21.0. The van der Waals surface area contributed by atoms with Crippen molar-refractivity contribution in [3.8, 4) is 11.3 Å². The summed E-state index contributed by atoms with van der Waals surface area (Å²) < 4.78 is 53.6. The van der Waals surface area contributed by atoms with Gasteiger partial charge in [0.25, 0.3) is 0 Å². The number of amides is 1. The highest BCUT2D eigenvalue weighted by Crippen LogP contribution is 2.64. The molecule has 11 rings (SSSR count). The number of ketones is 1. The van der Waals surface area contributed by atoms with Gasteiger partial charge >= 0.3 is 12.3 Å². The number of aliphatic hydroxyl groups is 1. The van der Waals surface area contributed by atoms with Crippen molar-refractivity contribution in [2.45, 2.75) is 121 Å². The number of allylic oxidation sites excluding steroid dienone is 2. The molecule has 6 fully saturated rings. The van der Waals surface area contributed by atoms with Crippen molar-refractivity contribution in [2.75, 3.05) is 13.1 Å². The lowest BCUT2D eigenvalue weighted by Gasteiger charge is -2.57. The van der Waals surface area contributed by atoms with Crippen LogP contribution in [0.2, 0.25) is 5.02 Å². The van der Waals surface area contributed by atoms with Gasteiger partial charge in [0.05, 0.1) is 23.2 Å². The highest BCUT2D eigenvalue weighted by Gasteiger charge is 2.65. The summed E-state index contributed by atoms with van der Waals surface area (Å²) in [6, 6.07) is 11.8. The Kier molecular flexibility index (Phi) is 9.35. The number of furan rings is 1. The third-order valence-corrected chi connectivity index (χ3v) is 15.3. The first kappa shape index (κ1) is 38.0. The number of nitrogens with zero attached hydrogens (tertiary/aromatic N) is 1. The fraction of sp³-hybridized carbons (Fsp3) is 0.565. The maximum atomic E-state index is 14.7. The number of carbonyl (C=O) groups is 2. The second-order valence-corrected chi connectivity index (χ2v) is 19.1. The number of aliphatic hydroxyl groups excluding tert-OH is 1. The molecule has 6 bridgehead atoms. The van der Waals surface area contributed by atoms with E-state index in [9.17, 15) is 27.9 Å². The monoisotopic (exact) mass is 789 g/mol. The Morgan fingerprint density at radius 1 is 0.982 bits per heavy atom. The zero-order valence-electron chi connectivity index (χ0n) is 32.2. The lowest BCUT2D eigenvalue weighted by molar-refractivity contribution is -0.137. The number of halogens is 4. The lowest BCUT2D eigenvalue weighted by atomic mass is 9.49. The zero-order valence-corrected chi connectivity index (χ0v) is 33.0. The third kappa shape index (κ3) is 6.62. The number of hydrogen-bond acceptors (Lipinski definition) is 5. The van der Waals surface area contributed by atoms with Gasteiger partial charge in [0.15, 0.2) is 5.76 Å². The smallest absolute Gasteiger partial charge is 0.416 e. The Hall–Kier alpha value is -3.56. The molecule has 10 heteroatoms. The van der Waals surface area contributed by atoms with Gasteiger partial charge in [-0.3, -0.25) is 4.79 Å². The van der Waals surface area contributed by atoms with E-state index < -0.39 is 34.6 Å². The standard InChI is InChI=1S/C46H51ClF3NO5/c1-27-4-3-14-43(2)37(13-15-45(43)26-51(42(54)56-45)25-44-22-29-16-30(23-44)18-31(17-29)24-44)34-9-6-28(19-33(52)8-5-27)20-35(34)41(53)40-12-11-39(55-40)36-21-32(46(48,49)50)7-10-38(36)47/h4,6-7,9-12,20-21,29-31,33,37,52H,3,5,8,13-19,22-26H2,1-2H3/t29?,30?,31?,33-,37-,43-,44?,45+/m0/s1. The van der Waals surface area contributed by atoms with Gasteiger partial charge < -0.3 is 19.2 Å². The van der Waals surface area contributed by atoms with Gasteiger partial charge in [-0.15, -0.1) is 0 Å². The van der Waals surface area contributed by atoms with Crippen LogP contribution in [0.1, 0.15) is 130 Å². The highest BCUT2D eigenvalue weighted by molar-refractivity contribution is 6.33. The molecule has 3 aromatic rings. The van der Waals surface area contributed by atoms with Crippen LogP contribution in [-0.2, 0) is 17.3 Å². The highest BCUT2D eigenvalue weighted by atomic mass is 35.5. The average molecular weight is 790 g/mol. The molecule has 56 heavy (non-hydrogen) atoms. The van der Waals surface area contributed by atoms with Crippen LogP contribution in [0.4, 0.5) is 18.0 Å². The number of ether oxygens (including phenoxy) is 1. The number of hydrogen-bond donors (Lipinski definition) is 1. The van der Waals surface area contributed by atoms with Crippen LogP contribution in [0.5, 0.6) is 0 Å². The number of alkyl halides is 3. The Balaban J connectivity index is 1.07. The van der Waals surface area contributed by atoms with Crippen molar-refractivity contribution < 1.29 is 37.0 Å². The number of benzene rings is 2. The van der Waals surface area contributed by atoms with Crippen LogP contribution in [0.25, 0.3) is 11.3 Å². The summed E-state index contributed by atoms with van der Waals surface area (Å²) in [4.78, 5) is 30.7. The molecule has 298 valence electrons. The van der Waals surface area contributed by atoms with Crippen LogP contribution < -0.4 is 0 Å². The Morgan fingerprint density at radius 3 is 2.43 bits per heavy atom. The molecule has 0 radical (unpaired) electrons. The zero-order chi connectivity index (χ0) is 39.2. The molecule has 6 nitrogen and oxygen atoms in total. The van der Waals surface area contributed by atoms with Crippen molar-refractivity contribution in [2.24, 2.45) is 28.6 Å². The van der Waals surface area contributed by atoms with Gasteiger partial charge in [-0.05, 0) is 167 Å². The molecule has 7 aliphatic carbocycles. The maximum Gasteiger partial charge on any atom is 0.416 e. The second kappa shape index (κ2) is 13.8. The quantitative estimate of drug-likeness (QED) is 0.206. The molecule has 1 aliphatic heterocycles. The van der Waals surface area contributed by atoms with Gasteiger partial charge in [-0.1, -0.05) is 42.3 Å². The van der Waals surface area contributed by atoms with Crippen molar-refractivity contribution >= 4 is 23.5 Å². The van der Waals surface area contributed by atoms with E-state index in [4.69, 9.17) is 20.8 Å². The largest absolute Gasteiger partial charge is 0.453 e. The van der Waals surface area contributed by atoms with Crippen molar-refractivity contribution in [3.05, 3.63) is 93.2 Å². The maximum absolute atomic E-state index is 14.7. The second-order valence-electron chi connectivity index (χ2n) is 18.7. The molecule has 0 unspecified atom stereocenters. The van der Waals surface area contributed by atoms with E-state index in [-0.39, 0.29) is 39.5 Å². The van der Waals surface area contributed by atoms with Gasteiger partial charge in [-0.25, -0.2) is 4.79 Å². The molecule has 1 spiro atoms. The van der Waals surface area contributed by atoms with E-state index in [1.54, 1.807) is 0 Å². The Bertz CT molecular complexity index is 2050. The van der Waals surface area contributed by atoms with Gasteiger partial charge in [0, 0.05) is 23.1 Å². The molecule has 2 aromatic carbocycles. The molecule has 1 saturated heterocycles. The van der Waals surface area contributed by atoms with Gasteiger partial charge in [0.2, 0.25) is 5.78 Å². The topological polar surface area (TPSA) is 80.0 Å². The Labute approximate surface area is 331 Å². The average Bonchev–Trinajstić information content (AvgIpc) is 3.81. The molecule has 2 heterocycles. The van der Waals surface area contributed by atoms with Gasteiger partial charge in [-0.2, -0.15) is 13.2 Å². The number of rotatable bonds is 5. The lowest BCUT2D eigenvalue weighted by Crippen LogP contribution is -2.52. The summed E-state index contributed by atoms with van der Waals surface area (Å²) in [5.41, 5.74) is 1.39. The summed E-state index contributed by atoms with van der Waals surface area (Å²) >= 11 is 6.36. The van der Waals surface area contributed by atoms with E-state index in [1.165, 1.54) is 62.3 Å². The summed E-state index contributed by atoms with van der Waals surface area (Å²) in [6.45, 7) is 5.65. The van der Waals surface area contributed by atoms with Crippen molar-refractivity contribution in [1.29, 1.82) is 0 Å². The van der Waals surface area contributed by atoms with Crippen LogP contribution in [0, 0.1) is 28.6 Å². The van der Waals surface area contributed by atoms with Crippen molar-refractivity contribution in [1.82, 2.24) is 4.90 Å². The number of carbonyl (C=O) groups excluding carboxylic acids is 2. The molecular formula is C46H51ClF3NO5. The molecular weight excluding hydrogens is 739 g/mol. The van der Waals surface area contributed by atoms with Crippen LogP contribution in [0.15, 0.2) is 64.6 Å². The first-order valence-electron chi connectivity index (χ1n) is 20.6. The van der Waals surface area contributed by atoms with Crippen LogP contribution >= 0.6 is 11.6 Å². The molecule has 1 N–H and O–H groups in total. The minimum absolute atomic E-state index is 0.0180. The SMILES string of the molecule is CC1=CCC[C@@]2(C)[C@@H](CC[C@@]23CN(CC24CC5CC(CC(C5)C2)C4)C(=O)O3)c2ccc(cc2C(=O)c2ccc(-c3cc(C(F)(F)F)ccc3Cl)o2)C[C@@H](O)CC1. The van der Waals surface area contributed by atoms with E-state index in [0.29, 0.717) is 37.8 Å².